The molecule has 1 amide bonds. The zero-order valence-electron chi connectivity index (χ0n) is 16.2. The van der Waals surface area contributed by atoms with E-state index < -0.39 is 15.9 Å². The highest BCUT2D eigenvalue weighted by atomic mass is 35.5. The van der Waals surface area contributed by atoms with Crippen LogP contribution < -0.4 is 14.8 Å². The molecule has 0 heterocycles. The Morgan fingerprint density at radius 1 is 1.03 bits per heavy atom. The first-order chi connectivity index (χ1) is 14.9. The van der Waals surface area contributed by atoms with Gasteiger partial charge in [-0.2, -0.15) is 5.26 Å². The number of benzene rings is 3. The molecule has 0 bridgehead atoms. The van der Waals surface area contributed by atoms with Crippen LogP contribution in [0.2, 0.25) is 5.02 Å². The average Bonchev–Trinajstić information content (AvgIpc) is 2.76. The number of nitrogens with one attached hydrogen (secondary N) is 2. The standard InChI is InChI=1S/C22H18ClN3O4S/c23-17-9-12-21(30-18-5-2-1-3-6-18)20(15-17)26-22(27)16-7-10-19(11-8-16)31(28,29)25-14-4-13-24/h1-3,5-12,15,25H,4,14H2,(H,26,27). The lowest BCUT2D eigenvalue weighted by Crippen LogP contribution is -2.24. The molecule has 0 unspecified atom stereocenters. The Morgan fingerprint density at radius 3 is 2.42 bits per heavy atom. The summed E-state index contributed by atoms with van der Waals surface area (Å²) in [5.41, 5.74) is 0.623. The molecule has 0 aliphatic carbocycles. The molecule has 0 radical (unpaired) electrons. The van der Waals surface area contributed by atoms with Crippen LogP contribution in [0, 0.1) is 11.3 Å². The van der Waals surface area contributed by atoms with E-state index >= 15 is 0 Å². The van der Waals surface area contributed by atoms with E-state index in [1.807, 2.05) is 24.3 Å². The molecule has 0 saturated carbocycles. The minimum absolute atomic E-state index is 0.00200. The zero-order chi connectivity index (χ0) is 22.3. The number of sulfonamides is 1. The number of hydrogen-bond acceptors (Lipinski definition) is 5. The summed E-state index contributed by atoms with van der Waals surface area (Å²) in [6.45, 7) is 0.0139. The van der Waals surface area contributed by atoms with E-state index in [1.54, 1.807) is 30.3 Å². The fraction of sp³-hybridized carbons (Fsp3) is 0.0909. The van der Waals surface area contributed by atoms with Gasteiger partial charge in [0.1, 0.15) is 5.75 Å². The van der Waals surface area contributed by atoms with Crippen molar-refractivity contribution in [1.82, 2.24) is 4.72 Å². The molecule has 31 heavy (non-hydrogen) atoms. The molecule has 7 nitrogen and oxygen atoms in total. The maximum atomic E-state index is 12.7. The SMILES string of the molecule is N#CCCNS(=O)(=O)c1ccc(C(=O)Nc2cc(Cl)ccc2Oc2ccccc2)cc1. The van der Waals surface area contributed by atoms with Crippen LogP contribution in [0.15, 0.2) is 77.7 Å². The highest BCUT2D eigenvalue weighted by Crippen LogP contribution is 2.32. The van der Waals surface area contributed by atoms with Crippen LogP contribution in [0.5, 0.6) is 11.5 Å². The van der Waals surface area contributed by atoms with Crippen LogP contribution in [0.25, 0.3) is 0 Å². The fourth-order valence-electron chi connectivity index (χ4n) is 2.61. The molecule has 3 rings (SSSR count). The molecule has 9 heteroatoms. The molecule has 0 aromatic heterocycles. The number of amides is 1. The first-order valence-corrected chi connectivity index (χ1v) is 11.1. The van der Waals surface area contributed by atoms with Gasteiger partial charge in [0.2, 0.25) is 10.0 Å². The number of para-hydroxylation sites is 1. The monoisotopic (exact) mass is 455 g/mol. The Kier molecular flexibility index (Phi) is 7.26. The van der Waals surface area contributed by atoms with Gasteiger partial charge in [-0.3, -0.25) is 4.79 Å². The fourth-order valence-corrected chi connectivity index (χ4v) is 3.81. The smallest absolute Gasteiger partial charge is 0.255 e. The summed E-state index contributed by atoms with van der Waals surface area (Å²) >= 11 is 6.07. The Labute approximate surface area is 185 Å². The van der Waals surface area contributed by atoms with Crippen LogP contribution in [0.1, 0.15) is 16.8 Å². The minimum Gasteiger partial charge on any atom is -0.455 e. The third-order valence-corrected chi connectivity index (χ3v) is 5.83. The first kappa shape index (κ1) is 22.3. The number of nitriles is 1. The van der Waals surface area contributed by atoms with E-state index in [9.17, 15) is 13.2 Å². The van der Waals surface area contributed by atoms with Crippen molar-refractivity contribution in [1.29, 1.82) is 5.26 Å². The van der Waals surface area contributed by atoms with Crippen molar-refractivity contribution in [3.05, 3.63) is 83.4 Å². The molecule has 3 aromatic carbocycles. The van der Waals surface area contributed by atoms with Crippen molar-refractivity contribution in [3.63, 3.8) is 0 Å². The Morgan fingerprint density at radius 2 is 1.74 bits per heavy atom. The predicted molar refractivity (Wildman–Crippen MR) is 118 cm³/mol. The number of ether oxygens (including phenoxy) is 1. The lowest BCUT2D eigenvalue weighted by molar-refractivity contribution is 0.102. The second-order valence-corrected chi connectivity index (χ2v) is 8.54. The van der Waals surface area contributed by atoms with Gasteiger partial charge in [0.15, 0.2) is 5.75 Å². The number of anilines is 1. The third kappa shape index (κ3) is 6.06. The Hall–Kier alpha value is -3.38. The summed E-state index contributed by atoms with van der Waals surface area (Å²) < 4.78 is 32.5. The number of halogens is 1. The molecule has 3 aromatic rings. The van der Waals surface area contributed by atoms with Gasteiger partial charge in [-0.15, -0.1) is 0 Å². The van der Waals surface area contributed by atoms with Gasteiger partial charge in [0.25, 0.3) is 5.91 Å². The zero-order valence-corrected chi connectivity index (χ0v) is 17.8. The van der Waals surface area contributed by atoms with Crippen molar-refractivity contribution in [2.75, 3.05) is 11.9 Å². The van der Waals surface area contributed by atoms with Crippen molar-refractivity contribution in [2.24, 2.45) is 0 Å². The molecule has 0 spiro atoms. The molecule has 0 aliphatic heterocycles. The quantitative estimate of drug-likeness (QED) is 0.483. The second kappa shape index (κ2) is 10.1. The third-order valence-electron chi connectivity index (χ3n) is 4.12. The summed E-state index contributed by atoms with van der Waals surface area (Å²) in [4.78, 5) is 12.7. The van der Waals surface area contributed by atoms with Crippen molar-refractivity contribution in [2.45, 2.75) is 11.3 Å². The summed E-state index contributed by atoms with van der Waals surface area (Å²) in [5, 5.41) is 11.7. The molecule has 158 valence electrons. The summed E-state index contributed by atoms with van der Waals surface area (Å²) in [6, 6.07) is 21.2. The molecule has 0 fully saturated rings. The molecule has 2 N–H and O–H groups in total. The summed E-state index contributed by atoms with van der Waals surface area (Å²) in [5.74, 6) is 0.546. The summed E-state index contributed by atoms with van der Waals surface area (Å²) in [6.07, 6.45) is 0.0622. The van der Waals surface area contributed by atoms with Crippen LogP contribution in [0.4, 0.5) is 5.69 Å². The Bertz CT molecular complexity index is 1210. The Balaban J connectivity index is 1.76. The predicted octanol–water partition coefficient (Wildman–Crippen LogP) is 4.58. The van der Waals surface area contributed by atoms with E-state index in [1.165, 1.54) is 24.3 Å². The van der Waals surface area contributed by atoms with Gasteiger partial charge >= 0.3 is 0 Å². The van der Waals surface area contributed by atoms with Gasteiger partial charge in [0, 0.05) is 23.6 Å². The van der Waals surface area contributed by atoms with E-state index in [0.717, 1.165) is 0 Å². The molecule has 0 saturated heterocycles. The van der Waals surface area contributed by atoms with Gasteiger partial charge in [-0.25, -0.2) is 13.1 Å². The van der Waals surface area contributed by atoms with Crippen LogP contribution >= 0.6 is 11.6 Å². The van der Waals surface area contributed by atoms with Gasteiger partial charge in [-0.05, 0) is 54.6 Å². The highest BCUT2D eigenvalue weighted by Gasteiger charge is 2.16. The van der Waals surface area contributed by atoms with Gasteiger partial charge in [0.05, 0.1) is 16.7 Å². The number of carbonyl (C=O) groups is 1. The summed E-state index contributed by atoms with van der Waals surface area (Å²) in [7, 11) is -3.75. The molecular formula is C22H18ClN3O4S. The molecule has 0 atom stereocenters. The number of rotatable bonds is 8. The lowest BCUT2D eigenvalue weighted by atomic mass is 10.2. The lowest BCUT2D eigenvalue weighted by Gasteiger charge is -2.13. The van der Waals surface area contributed by atoms with E-state index in [2.05, 4.69) is 10.0 Å². The van der Waals surface area contributed by atoms with Gasteiger partial charge in [-0.1, -0.05) is 29.8 Å². The maximum Gasteiger partial charge on any atom is 0.255 e. The first-order valence-electron chi connectivity index (χ1n) is 9.19. The number of hydrogen-bond donors (Lipinski definition) is 2. The number of carbonyl (C=O) groups excluding carboxylic acids is 1. The maximum absolute atomic E-state index is 12.7. The second-order valence-electron chi connectivity index (χ2n) is 6.34. The molecule has 0 aliphatic rings. The van der Waals surface area contributed by atoms with Crippen LogP contribution in [-0.2, 0) is 10.0 Å². The number of nitrogens with zero attached hydrogens (tertiary/aromatic N) is 1. The van der Waals surface area contributed by atoms with Crippen molar-refractivity contribution < 1.29 is 17.9 Å². The normalized spacial score (nSPS) is 10.8. The topological polar surface area (TPSA) is 108 Å². The van der Waals surface area contributed by atoms with Gasteiger partial charge < -0.3 is 10.1 Å². The van der Waals surface area contributed by atoms with E-state index in [0.29, 0.717) is 22.2 Å². The molecular weight excluding hydrogens is 438 g/mol. The average molecular weight is 456 g/mol. The highest BCUT2D eigenvalue weighted by molar-refractivity contribution is 7.89. The minimum atomic E-state index is -3.75. The van der Waals surface area contributed by atoms with Crippen molar-refractivity contribution in [3.8, 4) is 17.6 Å². The largest absolute Gasteiger partial charge is 0.455 e. The van der Waals surface area contributed by atoms with Crippen LogP contribution in [0.3, 0.4) is 0 Å². The van der Waals surface area contributed by atoms with Crippen molar-refractivity contribution >= 4 is 33.2 Å². The van der Waals surface area contributed by atoms with Crippen LogP contribution in [-0.4, -0.2) is 20.9 Å². The van der Waals surface area contributed by atoms with E-state index in [4.69, 9.17) is 21.6 Å². The van der Waals surface area contributed by atoms with E-state index in [-0.39, 0.29) is 23.4 Å².